The van der Waals surface area contributed by atoms with Gasteiger partial charge in [-0.3, -0.25) is 4.79 Å². The first-order valence-electron chi connectivity index (χ1n) is 5.57. The maximum Gasteiger partial charge on any atom is 0.325 e. The van der Waals surface area contributed by atoms with E-state index >= 15 is 0 Å². The fourth-order valence-electron chi connectivity index (χ4n) is 1.38. The second-order valence-corrected chi connectivity index (χ2v) is 4.82. The zero-order chi connectivity index (χ0) is 13.8. The molecule has 6 nitrogen and oxygen atoms in total. The van der Waals surface area contributed by atoms with Gasteiger partial charge >= 0.3 is 5.97 Å². The second kappa shape index (κ2) is 5.66. The number of benzene rings is 1. The summed E-state index contributed by atoms with van der Waals surface area (Å²) in [6, 6.07) is 6.73. The molecule has 7 heteroatoms. The highest BCUT2D eigenvalue weighted by Gasteiger charge is 2.13. The summed E-state index contributed by atoms with van der Waals surface area (Å²) in [5.74, 6) is -0.160. The Kier molecular flexibility index (Phi) is 3.96. The van der Waals surface area contributed by atoms with Gasteiger partial charge in [0.15, 0.2) is 0 Å². The zero-order valence-electron chi connectivity index (χ0n) is 10.5. The van der Waals surface area contributed by atoms with Crippen LogP contribution in [0.1, 0.15) is 6.92 Å². The summed E-state index contributed by atoms with van der Waals surface area (Å²) < 4.78 is 5.08. The topological polar surface area (TPSA) is 84.3 Å². The van der Waals surface area contributed by atoms with E-state index in [1.807, 2.05) is 24.3 Å². The Morgan fingerprint density at radius 2 is 2.05 bits per heavy atom. The molecule has 2 N–H and O–H groups in total. The third-order valence-electron chi connectivity index (χ3n) is 2.47. The van der Waals surface area contributed by atoms with Crippen LogP contribution in [0.3, 0.4) is 0 Å². The number of carboxylic acids is 1. The van der Waals surface area contributed by atoms with E-state index in [9.17, 15) is 4.79 Å². The number of hydrogen-bond donors (Lipinski definition) is 2. The van der Waals surface area contributed by atoms with Crippen LogP contribution in [0.15, 0.2) is 24.3 Å². The summed E-state index contributed by atoms with van der Waals surface area (Å²) in [6.45, 7) is 1.55. The molecule has 0 spiro atoms. The highest BCUT2D eigenvalue weighted by atomic mass is 32.1. The third kappa shape index (κ3) is 3.19. The first-order chi connectivity index (χ1) is 9.10. The molecule has 0 bridgehead atoms. The molecule has 1 aromatic heterocycles. The van der Waals surface area contributed by atoms with E-state index in [1.54, 1.807) is 14.0 Å². The molecule has 0 unspecified atom stereocenters. The molecule has 2 rings (SSSR count). The first-order valence-corrected chi connectivity index (χ1v) is 6.39. The van der Waals surface area contributed by atoms with Gasteiger partial charge in [-0.25, -0.2) is 0 Å². The number of carbonyl (C=O) groups is 1. The molecule has 1 aromatic carbocycles. The quantitative estimate of drug-likeness (QED) is 0.872. The Balaban J connectivity index is 2.13. The number of nitrogens with zero attached hydrogens (tertiary/aromatic N) is 2. The van der Waals surface area contributed by atoms with Crippen molar-refractivity contribution in [3.8, 4) is 16.3 Å². The van der Waals surface area contributed by atoms with E-state index in [1.165, 1.54) is 11.3 Å². The van der Waals surface area contributed by atoms with Crippen molar-refractivity contribution in [1.29, 1.82) is 0 Å². The van der Waals surface area contributed by atoms with Gasteiger partial charge in [0.25, 0.3) is 0 Å². The smallest absolute Gasteiger partial charge is 0.325 e. The predicted octanol–water partition coefficient (Wildman–Crippen LogP) is 2.10. The molecule has 0 amide bonds. The Morgan fingerprint density at radius 3 is 2.63 bits per heavy atom. The molecular weight excluding hydrogens is 266 g/mol. The van der Waals surface area contributed by atoms with Crippen LogP contribution >= 0.6 is 11.3 Å². The summed E-state index contributed by atoms with van der Waals surface area (Å²) in [5, 5.41) is 20.7. The van der Waals surface area contributed by atoms with Crippen LogP contribution in [0.5, 0.6) is 5.75 Å². The van der Waals surface area contributed by atoms with Crippen molar-refractivity contribution in [3.05, 3.63) is 24.3 Å². The molecule has 0 radical (unpaired) electrons. The van der Waals surface area contributed by atoms with Gasteiger partial charge in [0.05, 0.1) is 7.11 Å². The van der Waals surface area contributed by atoms with Crippen LogP contribution in [0.4, 0.5) is 5.13 Å². The number of anilines is 1. The van der Waals surface area contributed by atoms with E-state index in [0.717, 1.165) is 16.3 Å². The molecule has 100 valence electrons. The maximum absolute atomic E-state index is 10.7. The molecule has 0 saturated heterocycles. The van der Waals surface area contributed by atoms with Crippen LogP contribution in [-0.4, -0.2) is 34.4 Å². The van der Waals surface area contributed by atoms with E-state index in [4.69, 9.17) is 9.84 Å². The van der Waals surface area contributed by atoms with E-state index < -0.39 is 12.0 Å². The van der Waals surface area contributed by atoms with Crippen molar-refractivity contribution in [3.63, 3.8) is 0 Å². The number of rotatable bonds is 5. The lowest BCUT2D eigenvalue weighted by Crippen LogP contribution is -2.25. The molecular formula is C12H13N3O3S. The largest absolute Gasteiger partial charge is 0.497 e. The van der Waals surface area contributed by atoms with E-state index in [0.29, 0.717) is 5.13 Å². The lowest BCUT2D eigenvalue weighted by atomic mass is 10.2. The predicted molar refractivity (Wildman–Crippen MR) is 72.6 cm³/mol. The summed E-state index contributed by atoms with van der Waals surface area (Å²) in [6.07, 6.45) is 0. The molecule has 1 atom stereocenters. The first kappa shape index (κ1) is 13.3. The minimum Gasteiger partial charge on any atom is -0.497 e. The fraction of sp³-hybridized carbons (Fsp3) is 0.250. The fourth-order valence-corrected chi connectivity index (χ4v) is 2.21. The number of nitrogens with one attached hydrogen (secondary N) is 1. The van der Waals surface area contributed by atoms with Crippen molar-refractivity contribution in [2.75, 3.05) is 12.4 Å². The van der Waals surface area contributed by atoms with Crippen LogP contribution in [-0.2, 0) is 4.79 Å². The third-order valence-corrected chi connectivity index (χ3v) is 3.38. The number of hydrogen-bond acceptors (Lipinski definition) is 6. The van der Waals surface area contributed by atoms with Gasteiger partial charge in [-0.2, -0.15) is 0 Å². The van der Waals surface area contributed by atoms with Gasteiger partial charge in [0, 0.05) is 5.56 Å². The summed E-state index contributed by atoms with van der Waals surface area (Å²) in [7, 11) is 1.61. The SMILES string of the molecule is COc1ccc(-c2nnc(N[C@H](C)C(=O)O)s2)cc1. The number of carboxylic acid groups (broad SMARTS) is 1. The monoisotopic (exact) mass is 279 g/mol. The number of aliphatic carboxylic acids is 1. The van der Waals surface area contributed by atoms with Gasteiger partial charge in [-0.05, 0) is 31.2 Å². The molecule has 0 fully saturated rings. The Hall–Kier alpha value is -2.15. The van der Waals surface area contributed by atoms with Gasteiger partial charge in [-0.15, -0.1) is 10.2 Å². The average molecular weight is 279 g/mol. The highest BCUT2D eigenvalue weighted by molar-refractivity contribution is 7.18. The standard InChI is InChI=1S/C12H13N3O3S/c1-7(11(16)17)13-12-15-14-10(19-12)8-3-5-9(18-2)6-4-8/h3-7H,1-2H3,(H,13,15)(H,16,17)/t7-/m1/s1. The van der Waals surface area contributed by atoms with Crippen molar-refractivity contribution in [1.82, 2.24) is 10.2 Å². The van der Waals surface area contributed by atoms with Crippen LogP contribution in [0, 0.1) is 0 Å². The van der Waals surface area contributed by atoms with Crippen molar-refractivity contribution >= 4 is 22.4 Å². The van der Waals surface area contributed by atoms with Crippen LogP contribution in [0.2, 0.25) is 0 Å². The van der Waals surface area contributed by atoms with E-state index in [2.05, 4.69) is 15.5 Å². The normalized spacial score (nSPS) is 11.9. The van der Waals surface area contributed by atoms with Crippen LogP contribution < -0.4 is 10.1 Å². The molecule has 0 aliphatic rings. The minimum absolute atomic E-state index is 0.487. The summed E-state index contributed by atoms with van der Waals surface area (Å²) in [4.78, 5) is 10.7. The second-order valence-electron chi connectivity index (χ2n) is 3.85. The lowest BCUT2D eigenvalue weighted by molar-refractivity contribution is -0.137. The lowest BCUT2D eigenvalue weighted by Gasteiger charge is -2.05. The minimum atomic E-state index is -0.929. The number of methoxy groups -OCH3 is 1. The molecule has 0 saturated carbocycles. The van der Waals surface area contributed by atoms with Gasteiger partial charge in [0.1, 0.15) is 16.8 Å². The summed E-state index contributed by atoms with van der Waals surface area (Å²) in [5.41, 5.74) is 0.911. The number of aromatic nitrogens is 2. The molecule has 0 aliphatic carbocycles. The Labute approximate surface area is 114 Å². The maximum atomic E-state index is 10.7. The van der Waals surface area contributed by atoms with Crippen molar-refractivity contribution in [2.24, 2.45) is 0 Å². The molecule has 19 heavy (non-hydrogen) atoms. The molecule has 0 aliphatic heterocycles. The highest BCUT2D eigenvalue weighted by Crippen LogP contribution is 2.27. The van der Waals surface area contributed by atoms with Gasteiger partial charge in [0.2, 0.25) is 5.13 Å². The molecule has 2 aromatic rings. The van der Waals surface area contributed by atoms with Crippen LogP contribution in [0.25, 0.3) is 10.6 Å². The molecule has 1 heterocycles. The van der Waals surface area contributed by atoms with Crippen molar-refractivity contribution in [2.45, 2.75) is 13.0 Å². The number of ether oxygens (including phenoxy) is 1. The van der Waals surface area contributed by atoms with Gasteiger partial charge < -0.3 is 15.2 Å². The van der Waals surface area contributed by atoms with Crippen molar-refractivity contribution < 1.29 is 14.6 Å². The van der Waals surface area contributed by atoms with E-state index in [-0.39, 0.29) is 0 Å². The summed E-state index contributed by atoms with van der Waals surface area (Å²) >= 11 is 1.31. The Morgan fingerprint density at radius 1 is 1.37 bits per heavy atom. The average Bonchev–Trinajstić information content (AvgIpc) is 2.87. The Bertz CT molecular complexity index is 568. The zero-order valence-corrected chi connectivity index (χ0v) is 11.3. The van der Waals surface area contributed by atoms with Gasteiger partial charge in [-0.1, -0.05) is 11.3 Å².